The van der Waals surface area contributed by atoms with Crippen LogP contribution in [0.5, 0.6) is 0 Å². The highest BCUT2D eigenvalue weighted by Gasteiger charge is 2.18. The van der Waals surface area contributed by atoms with Crippen molar-refractivity contribution in [2.45, 2.75) is 32.8 Å². The topological polar surface area (TPSA) is 63.8 Å². The lowest BCUT2D eigenvalue weighted by molar-refractivity contribution is 0.170. The van der Waals surface area contributed by atoms with Gasteiger partial charge in [-0.2, -0.15) is 5.10 Å². The van der Waals surface area contributed by atoms with E-state index in [0.717, 1.165) is 28.0 Å². The number of aryl methyl sites for hydroxylation is 3. The second kappa shape index (κ2) is 5.79. The normalized spacial score (nSPS) is 12.7. The molecule has 0 fully saturated rings. The number of hydrogen-bond acceptors (Lipinski definition) is 4. The Morgan fingerprint density at radius 1 is 1.37 bits per heavy atom. The van der Waals surface area contributed by atoms with E-state index in [-0.39, 0.29) is 0 Å². The van der Waals surface area contributed by atoms with Gasteiger partial charge in [-0.1, -0.05) is 6.92 Å². The molecule has 0 spiro atoms. The average Bonchev–Trinajstić information content (AvgIpc) is 2.67. The predicted octanol–water partition coefficient (Wildman–Crippen LogP) is 2.12. The zero-order valence-corrected chi connectivity index (χ0v) is 12.8. The molecule has 2 rings (SSSR count). The highest BCUT2D eigenvalue weighted by molar-refractivity contribution is 9.10. The molecule has 0 aliphatic heterocycles. The predicted molar refractivity (Wildman–Crippen MR) is 75.7 cm³/mol. The fourth-order valence-electron chi connectivity index (χ4n) is 1.90. The molecule has 1 N–H and O–H groups in total. The Hall–Kier alpha value is -1.27. The molecule has 0 radical (unpaired) electrons. The number of hydrogen-bond donors (Lipinski definition) is 1. The van der Waals surface area contributed by atoms with Crippen LogP contribution in [0.3, 0.4) is 0 Å². The molecular formula is C13H17BrN4O. The first-order valence-electron chi connectivity index (χ1n) is 6.19. The summed E-state index contributed by atoms with van der Waals surface area (Å²) in [6.07, 6.45) is 3.92. The summed E-state index contributed by atoms with van der Waals surface area (Å²) in [7, 11) is 1.88. The SMILES string of the molecule is CCc1nn(C)c(CC(O)c2cnc(C)cn2)c1Br. The van der Waals surface area contributed by atoms with Crippen LogP contribution in [0.4, 0.5) is 0 Å². The highest BCUT2D eigenvalue weighted by atomic mass is 79.9. The van der Waals surface area contributed by atoms with Gasteiger partial charge in [0.05, 0.1) is 33.4 Å². The van der Waals surface area contributed by atoms with E-state index in [9.17, 15) is 5.11 Å². The molecule has 2 aromatic rings. The van der Waals surface area contributed by atoms with Crippen molar-refractivity contribution in [3.05, 3.63) is 39.6 Å². The first-order valence-corrected chi connectivity index (χ1v) is 6.99. The molecule has 0 saturated carbocycles. The van der Waals surface area contributed by atoms with Crippen LogP contribution in [-0.4, -0.2) is 24.9 Å². The van der Waals surface area contributed by atoms with E-state index < -0.39 is 6.10 Å². The molecule has 0 aromatic carbocycles. The van der Waals surface area contributed by atoms with Crippen molar-refractivity contribution < 1.29 is 5.11 Å². The molecule has 6 heteroatoms. The smallest absolute Gasteiger partial charge is 0.103 e. The second-order valence-electron chi connectivity index (χ2n) is 4.49. The minimum atomic E-state index is -0.676. The van der Waals surface area contributed by atoms with E-state index in [1.807, 2.05) is 14.0 Å². The van der Waals surface area contributed by atoms with Gasteiger partial charge in [-0.15, -0.1) is 0 Å². The highest BCUT2D eigenvalue weighted by Crippen LogP contribution is 2.25. The Kier molecular flexibility index (Phi) is 4.31. The van der Waals surface area contributed by atoms with Gasteiger partial charge in [-0.3, -0.25) is 14.6 Å². The van der Waals surface area contributed by atoms with Crippen LogP contribution < -0.4 is 0 Å². The minimum Gasteiger partial charge on any atom is -0.386 e. The molecule has 0 aliphatic rings. The summed E-state index contributed by atoms with van der Waals surface area (Å²) < 4.78 is 2.77. The van der Waals surface area contributed by atoms with Crippen molar-refractivity contribution in [3.8, 4) is 0 Å². The molecule has 0 bridgehead atoms. The van der Waals surface area contributed by atoms with E-state index in [4.69, 9.17) is 0 Å². The van der Waals surface area contributed by atoms with Gasteiger partial charge in [-0.05, 0) is 29.3 Å². The molecule has 2 heterocycles. The largest absolute Gasteiger partial charge is 0.386 e. The fraction of sp³-hybridized carbons (Fsp3) is 0.462. The summed E-state index contributed by atoms with van der Waals surface area (Å²) in [6, 6.07) is 0. The van der Waals surface area contributed by atoms with Crippen LogP contribution in [0, 0.1) is 6.92 Å². The van der Waals surface area contributed by atoms with Gasteiger partial charge < -0.3 is 5.11 Å². The molecule has 102 valence electrons. The minimum absolute atomic E-state index is 0.460. The molecule has 5 nitrogen and oxygen atoms in total. The van der Waals surface area contributed by atoms with Crippen molar-refractivity contribution in [2.75, 3.05) is 0 Å². The second-order valence-corrected chi connectivity index (χ2v) is 5.28. The Labute approximate surface area is 120 Å². The summed E-state index contributed by atoms with van der Waals surface area (Å²) >= 11 is 3.54. The van der Waals surface area contributed by atoms with Crippen LogP contribution in [0.2, 0.25) is 0 Å². The summed E-state index contributed by atoms with van der Waals surface area (Å²) in [4.78, 5) is 8.35. The molecule has 0 aliphatic carbocycles. The van der Waals surface area contributed by atoms with E-state index in [1.54, 1.807) is 17.1 Å². The van der Waals surface area contributed by atoms with E-state index in [1.165, 1.54) is 0 Å². The lowest BCUT2D eigenvalue weighted by Gasteiger charge is -2.10. The third kappa shape index (κ3) is 3.01. The van der Waals surface area contributed by atoms with E-state index >= 15 is 0 Å². The third-order valence-corrected chi connectivity index (χ3v) is 3.95. The molecule has 0 amide bonds. The fourth-order valence-corrected chi connectivity index (χ4v) is 2.68. The maximum atomic E-state index is 10.2. The summed E-state index contributed by atoms with van der Waals surface area (Å²) in [5, 5.41) is 14.6. The van der Waals surface area contributed by atoms with Crippen LogP contribution >= 0.6 is 15.9 Å². The Bertz CT molecular complexity index is 565. The van der Waals surface area contributed by atoms with Gasteiger partial charge in [0.15, 0.2) is 0 Å². The number of rotatable bonds is 4. The van der Waals surface area contributed by atoms with Gasteiger partial charge >= 0.3 is 0 Å². The van der Waals surface area contributed by atoms with Crippen molar-refractivity contribution in [3.63, 3.8) is 0 Å². The molecule has 1 atom stereocenters. The van der Waals surface area contributed by atoms with Crippen LogP contribution in [-0.2, 0) is 19.9 Å². The zero-order valence-electron chi connectivity index (χ0n) is 11.3. The first-order chi connectivity index (χ1) is 9.02. The van der Waals surface area contributed by atoms with Gasteiger partial charge in [0.25, 0.3) is 0 Å². The van der Waals surface area contributed by atoms with Crippen molar-refractivity contribution >= 4 is 15.9 Å². The van der Waals surface area contributed by atoms with Crippen molar-refractivity contribution in [1.29, 1.82) is 0 Å². The lowest BCUT2D eigenvalue weighted by atomic mass is 10.1. The number of aromatic nitrogens is 4. The summed E-state index contributed by atoms with van der Waals surface area (Å²) in [5.74, 6) is 0. The molecular weight excluding hydrogens is 308 g/mol. The number of nitrogens with zero attached hydrogens (tertiary/aromatic N) is 4. The van der Waals surface area contributed by atoms with E-state index in [0.29, 0.717) is 12.1 Å². The number of halogens is 1. The third-order valence-electron chi connectivity index (χ3n) is 3.03. The van der Waals surface area contributed by atoms with Gasteiger partial charge in [0, 0.05) is 19.7 Å². The first kappa shape index (κ1) is 14.1. The van der Waals surface area contributed by atoms with E-state index in [2.05, 4.69) is 37.9 Å². The van der Waals surface area contributed by atoms with Gasteiger partial charge in [-0.25, -0.2) is 0 Å². The maximum absolute atomic E-state index is 10.2. The zero-order chi connectivity index (χ0) is 14.0. The maximum Gasteiger partial charge on any atom is 0.103 e. The molecule has 19 heavy (non-hydrogen) atoms. The molecule has 2 aromatic heterocycles. The monoisotopic (exact) mass is 324 g/mol. The Balaban J connectivity index is 2.21. The standard InChI is InChI=1S/C13H17BrN4O/c1-4-9-13(14)11(18(3)17-9)5-12(19)10-7-15-8(2)6-16-10/h6-7,12,19H,4-5H2,1-3H3. The quantitative estimate of drug-likeness (QED) is 0.935. The van der Waals surface area contributed by atoms with Gasteiger partial charge in [0.1, 0.15) is 6.10 Å². The Morgan fingerprint density at radius 2 is 2.11 bits per heavy atom. The van der Waals surface area contributed by atoms with Crippen LogP contribution in [0.15, 0.2) is 16.9 Å². The summed E-state index contributed by atoms with van der Waals surface area (Å²) in [5.41, 5.74) is 3.38. The van der Waals surface area contributed by atoms with Crippen molar-refractivity contribution in [1.82, 2.24) is 19.7 Å². The van der Waals surface area contributed by atoms with Crippen LogP contribution in [0.1, 0.15) is 35.8 Å². The average molecular weight is 325 g/mol. The lowest BCUT2D eigenvalue weighted by Crippen LogP contribution is -2.09. The number of aliphatic hydroxyl groups is 1. The van der Waals surface area contributed by atoms with Gasteiger partial charge in [0.2, 0.25) is 0 Å². The van der Waals surface area contributed by atoms with Crippen molar-refractivity contribution in [2.24, 2.45) is 7.05 Å². The summed E-state index contributed by atoms with van der Waals surface area (Å²) in [6.45, 7) is 3.92. The molecule has 0 saturated heterocycles. The molecule has 1 unspecified atom stereocenters. The number of aliphatic hydroxyl groups excluding tert-OH is 1. The Morgan fingerprint density at radius 3 is 2.63 bits per heavy atom. The van der Waals surface area contributed by atoms with Crippen LogP contribution in [0.25, 0.3) is 0 Å².